The lowest BCUT2D eigenvalue weighted by Crippen LogP contribution is -2.29. The Bertz CT molecular complexity index is 1090. The smallest absolute Gasteiger partial charge is 0.254 e. The Morgan fingerprint density at radius 3 is 2.69 bits per heavy atom. The molecule has 0 saturated carbocycles. The lowest BCUT2D eigenvalue weighted by Gasteiger charge is -2.22. The van der Waals surface area contributed by atoms with E-state index in [0.29, 0.717) is 30.0 Å². The highest BCUT2D eigenvalue weighted by Gasteiger charge is 2.20. The van der Waals surface area contributed by atoms with Crippen LogP contribution in [0.2, 0.25) is 0 Å². The summed E-state index contributed by atoms with van der Waals surface area (Å²) in [5.41, 5.74) is 8.19. The van der Waals surface area contributed by atoms with Gasteiger partial charge in [0.2, 0.25) is 0 Å². The van der Waals surface area contributed by atoms with Gasteiger partial charge in [0.15, 0.2) is 0 Å². The number of hydrogen-bond donors (Lipinski definition) is 3. The number of aliphatic hydroxyl groups is 1. The molecule has 1 aliphatic rings. The number of amides is 1. The molecule has 2 heterocycles. The molecule has 3 aromatic rings. The van der Waals surface area contributed by atoms with E-state index in [0.717, 1.165) is 18.5 Å². The fourth-order valence-corrected chi connectivity index (χ4v) is 3.74. The van der Waals surface area contributed by atoms with E-state index in [-0.39, 0.29) is 23.8 Å². The zero-order valence-corrected chi connectivity index (χ0v) is 17.5. The lowest BCUT2D eigenvalue weighted by atomic mass is 9.96. The van der Waals surface area contributed by atoms with Crippen LogP contribution in [0, 0.1) is 5.82 Å². The van der Waals surface area contributed by atoms with Gasteiger partial charge in [-0.25, -0.2) is 14.4 Å². The Morgan fingerprint density at radius 1 is 1.22 bits per heavy atom. The molecule has 4 N–H and O–H groups in total. The van der Waals surface area contributed by atoms with Crippen LogP contribution in [-0.4, -0.2) is 40.7 Å². The molecule has 0 aliphatic carbocycles. The van der Waals surface area contributed by atoms with E-state index < -0.39 is 17.8 Å². The van der Waals surface area contributed by atoms with Crippen molar-refractivity contribution in [3.05, 3.63) is 77.4 Å². The Labute approximate surface area is 185 Å². The number of halogens is 1. The maximum Gasteiger partial charge on any atom is 0.254 e. The SMILES string of the molecule is Nc1ncc(C2CCOCC2)nc1-c1ccc(C(=O)NCC(O)c2ccccc2)c(F)c1. The van der Waals surface area contributed by atoms with Gasteiger partial charge in [-0.05, 0) is 30.5 Å². The Balaban J connectivity index is 1.49. The summed E-state index contributed by atoms with van der Waals surface area (Å²) in [5, 5.41) is 12.8. The molecule has 166 valence electrons. The highest BCUT2D eigenvalue weighted by Crippen LogP contribution is 2.30. The van der Waals surface area contributed by atoms with Gasteiger partial charge in [0.1, 0.15) is 17.3 Å². The maximum absolute atomic E-state index is 14.8. The van der Waals surface area contributed by atoms with Crippen LogP contribution in [0.25, 0.3) is 11.3 Å². The summed E-state index contributed by atoms with van der Waals surface area (Å²) >= 11 is 0. The van der Waals surface area contributed by atoms with E-state index in [1.807, 2.05) is 6.07 Å². The molecule has 32 heavy (non-hydrogen) atoms. The number of anilines is 1. The topological polar surface area (TPSA) is 110 Å². The van der Waals surface area contributed by atoms with Crippen LogP contribution in [-0.2, 0) is 4.74 Å². The fraction of sp³-hybridized carbons (Fsp3) is 0.292. The fourth-order valence-electron chi connectivity index (χ4n) is 3.74. The average Bonchev–Trinajstić information content (AvgIpc) is 2.83. The normalized spacial score (nSPS) is 15.3. The number of benzene rings is 2. The lowest BCUT2D eigenvalue weighted by molar-refractivity contribution is 0.0844. The van der Waals surface area contributed by atoms with Gasteiger partial charge in [-0.2, -0.15) is 0 Å². The molecule has 1 unspecified atom stereocenters. The van der Waals surface area contributed by atoms with Gasteiger partial charge < -0.3 is 20.9 Å². The molecule has 1 amide bonds. The molecule has 1 aromatic heterocycles. The van der Waals surface area contributed by atoms with Crippen LogP contribution in [0.4, 0.5) is 10.2 Å². The number of nitrogens with two attached hydrogens (primary N) is 1. The number of ether oxygens (including phenoxy) is 1. The zero-order chi connectivity index (χ0) is 22.5. The predicted octanol–water partition coefficient (Wildman–Crippen LogP) is 3.22. The third-order valence-corrected chi connectivity index (χ3v) is 5.59. The summed E-state index contributed by atoms with van der Waals surface area (Å²) in [6.07, 6.45) is 2.47. The minimum Gasteiger partial charge on any atom is -0.387 e. The van der Waals surface area contributed by atoms with E-state index in [2.05, 4.69) is 15.3 Å². The Kier molecular flexibility index (Phi) is 6.72. The number of aromatic nitrogens is 2. The van der Waals surface area contributed by atoms with Crippen LogP contribution in [0.5, 0.6) is 0 Å². The number of carbonyl (C=O) groups is 1. The second-order valence-electron chi connectivity index (χ2n) is 7.75. The van der Waals surface area contributed by atoms with Crippen molar-refractivity contribution in [3.8, 4) is 11.3 Å². The van der Waals surface area contributed by atoms with Crippen LogP contribution < -0.4 is 11.1 Å². The van der Waals surface area contributed by atoms with E-state index in [1.165, 1.54) is 12.1 Å². The number of carbonyl (C=O) groups excluding carboxylic acids is 1. The number of nitrogens with one attached hydrogen (secondary N) is 1. The molecule has 7 nitrogen and oxygen atoms in total. The Hall–Kier alpha value is -3.36. The first kappa shape index (κ1) is 21.9. The number of aliphatic hydroxyl groups excluding tert-OH is 1. The van der Waals surface area contributed by atoms with Crippen molar-refractivity contribution in [2.24, 2.45) is 0 Å². The summed E-state index contributed by atoms with van der Waals surface area (Å²) in [6.45, 7) is 1.31. The highest BCUT2D eigenvalue weighted by molar-refractivity contribution is 5.95. The van der Waals surface area contributed by atoms with Gasteiger partial charge in [0.05, 0.1) is 23.6 Å². The van der Waals surface area contributed by atoms with Crippen molar-refractivity contribution < 1.29 is 19.0 Å². The monoisotopic (exact) mass is 436 g/mol. The van der Waals surface area contributed by atoms with Crippen LogP contribution in [0.3, 0.4) is 0 Å². The number of rotatable bonds is 6. The second-order valence-corrected chi connectivity index (χ2v) is 7.75. The number of nitrogens with zero attached hydrogens (tertiary/aromatic N) is 2. The van der Waals surface area contributed by atoms with E-state index in [4.69, 9.17) is 10.5 Å². The molecule has 0 bridgehead atoms. The van der Waals surface area contributed by atoms with Gasteiger partial charge in [0, 0.05) is 31.2 Å². The zero-order valence-electron chi connectivity index (χ0n) is 17.5. The molecule has 1 fully saturated rings. The second kappa shape index (κ2) is 9.84. The first-order valence-electron chi connectivity index (χ1n) is 10.5. The van der Waals surface area contributed by atoms with Crippen LogP contribution in [0.15, 0.2) is 54.7 Å². The van der Waals surface area contributed by atoms with Gasteiger partial charge in [-0.1, -0.05) is 36.4 Å². The molecule has 4 rings (SSSR count). The number of nitrogen functional groups attached to an aromatic ring is 1. The molecule has 0 radical (unpaired) electrons. The first-order valence-corrected chi connectivity index (χ1v) is 10.5. The minimum absolute atomic E-state index is 0.0321. The highest BCUT2D eigenvalue weighted by atomic mass is 19.1. The first-order chi connectivity index (χ1) is 15.5. The van der Waals surface area contributed by atoms with Crippen molar-refractivity contribution in [1.82, 2.24) is 15.3 Å². The third-order valence-electron chi connectivity index (χ3n) is 5.59. The van der Waals surface area contributed by atoms with Gasteiger partial charge >= 0.3 is 0 Å². The summed E-state index contributed by atoms with van der Waals surface area (Å²) in [7, 11) is 0. The summed E-state index contributed by atoms with van der Waals surface area (Å²) in [6, 6.07) is 13.2. The molecule has 2 aromatic carbocycles. The molecule has 1 atom stereocenters. The molecular formula is C24H25FN4O3. The van der Waals surface area contributed by atoms with Crippen molar-refractivity contribution in [1.29, 1.82) is 0 Å². The molecule has 1 aliphatic heterocycles. The molecular weight excluding hydrogens is 411 g/mol. The van der Waals surface area contributed by atoms with Crippen LogP contribution >= 0.6 is 0 Å². The van der Waals surface area contributed by atoms with Crippen molar-refractivity contribution in [2.45, 2.75) is 24.9 Å². The molecule has 8 heteroatoms. The van der Waals surface area contributed by atoms with Crippen LogP contribution in [0.1, 0.15) is 46.5 Å². The predicted molar refractivity (Wildman–Crippen MR) is 118 cm³/mol. The third kappa shape index (κ3) is 4.92. The Morgan fingerprint density at radius 2 is 1.97 bits per heavy atom. The average molecular weight is 436 g/mol. The van der Waals surface area contributed by atoms with Gasteiger partial charge in [-0.15, -0.1) is 0 Å². The molecule has 1 saturated heterocycles. The van der Waals surface area contributed by atoms with Crippen molar-refractivity contribution in [3.63, 3.8) is 0 Å². The minimum atomic E-state index is -0.884. The largest absolute Gasteiger partial charge is 0.387 e. The quantitative estimate of drug-likeness (QED) is 0.547. The van der Waals surface area contributed by atoms with E-state index in [1.54, 1.807) is 36.5 Å². The van der Waals surface area contributed by atoms with E-state index in [9.17, 15) is 14.3 Å². The van der Waals surface area contributed by atoms with Crippen molar-refractivity contribution in [2.75, 3.05) is 25.5 Å². The van der Waals surface area contributed by atoms with Gasteiger partial charge in [0.25, 0.3) is 5.91 Å². The van der Waals surface area contributed by atoms with E-state index >= 15 is 0 Å². The van der Waals surface area contributed by atoms with Crippen molar-refractivity contribution >= 4 is 11.7 Å². The summed E-state index contributed by atoms with van der Waals surface area (Å²) < 4.78 is 20.2. The molecule has 0 spiro atoms. The number of hydrogen-bond acceptors (Lipinski definition) is 6. The maximum atomic E-state index is 14.8. The van der Waals surface area contributed by atoms with Gasteiger partial charge in [-0.3, -0.25) is 4.79 Å². The standard InChI is InChI=1S/C24H25FN4O3/c25-19-12-17(22-23(26)27-13-20(29-22)15-8-10-32-11-9-15)6-7-18(19)24(31)28-14-21(30)16-4-2-1-3-5-16/h1-7,12-13,15,21,30H,8-11,14H2,(H2,26,27)(H,28,31). The summed E-state index contributed by atoms with van der Waals surface area (Å²) in [5.74, 6) is -0.893. The summed E-state index contributed by atoms with van der Waals surface area (Å²) in [4.78, 5) is 21.3.